The van der Waals surface area contributed by atoms with Gasteiger partial charge in [-0.2, -0.15) is 0 Å². The molecule has 19 heavy (non-hydrogen) atoms. The van der Waals surface area contributed by atoms with Gasteiger partial charge in [0.2, 0.25) is 0 Å². The van der Waals surface area contributed by atoms with Gasteiger partial charge in [-0.3, -0.25) is 0 Å². The molecule has 0 saturated carbocycles. The van der Waals surface area contributed by atoms with Crippen LogP contribution in [0, 0.1) is 0 Å². The van der Waals surface area contributed by atoms with Crippen molar-refractivity contribution >= 4 is 17.3 Å². The molecule has 1 unspecified atom stereocenters. The molecule has 1 N–H and O–H groups in total. The summed E-state index contributed by atoms with van der Waals surface area (Å²) in [4.78, 5) is 2.43. The SMILES string of the molecule is CCOc1ccc(Cl)cc1NCC1CCCCN1C. The number of benzene rings is 1. The van der Waals surface area contributed by atoms with Crippen molar-refractivity contribution in [1.82, 2.24) is 4.90 Å². The lowest BCUT2D eigenvalue weighted by atomic mass is 10.0. The quantitative estimate of drug-likeness (QED) is 0.892. The van der Waals surface area contributed by atoms with Gasteiger partial charge < -0.3 is 15.0 Å². The molecular weight excluding hydrogens is 260 g/mol. The summed E-state index contributed by atoms with van der Waals surface area (Å²) >= 11 is 6.06. The van der Waals surface area contributed by atoms with Gasteiger partial charge in [-0.15, -0.1) is 0 Å². The molecule has 0 amide bonds. The standard InChI is InChI=1S/C15H23ClN2O/c1-3-19-15-8-7-12(16)10-14(15)17-11-13-6-4-5-9-18(13)2/h7-8,10,13,17H,3-6,9,11H2,1-2H3. The number of anilines is 1. The molecule has 4 heteroatoms. The van der Waals surface area contributed by atoms with Crippen LogP contribution in [-0.2, 0) is 0 Å². The van der Waals surface area contributed by atoms with Gasteiger partial charge in [0.25, 0.3) is 0 Å². The van der Waals surface area contributed by atoms with Crippen LogP contribution in [0.4, 0.5) is 5.69 Å². The normalized spacial score (nSPS) is 20.3. The predicted molar refractivity (Wildman–Crippen MR) is 81.4 cm³/mol. The van der Waals surface area contributed by atoms with Crippen LogP contribution < -0.4 is 10.1 Å². The Kier molecular flexibility index (Phi) is 5.34. The molecule has 1 aromatic rings. The van der Waals surface area contributed by atoms with E-state index in [0.717, 1.165) is 23.0 Å². The highest BCUT2D eigenvalue weighted by Gasteiger charge is 2.18. The van der Waals surface area contributed by atoms with E-state index in [1.165, 1.54) is 25.8 Å². The fourth-order valence-corrected chi connectivity index (χ4v) is 2.72. The van der Waals surface area contributed by atoms with Gasteiger partial charge in [0.1, 0.15) is 5.75 Å². The number of likely N-dealkylation sites (N-methyl/N-ethyl adjacent to an activating group) is 1. The molecule has 0 radical (unpaired) electrons. The number of hydrogen-bond acceptors (Lipinski definition) is 3. The minimum absolute atomic E-state index is 0.599. The van der Waals surface area contributed by atoms with E-state index in [-0.39, 0.29) is 0 Å². The Morgan fingerprint density at radius 3 is 3.00 bits per heavy atom. The summed E-state index contributed by atoms with van der Waals surface area (Å²) in [6, 6.07) is 6.33. The van der Waals surface area contributed by atoms with Crippen molar-refractivity contribution in [2.75, 3.05) is 32.1 Å². The first kappa shape index (κ1) is 14.5. The number of nitrogens with one attached hydrogen (secondary N) is 1. The van der Waals surface area contributed by atoms with Crippen molar-refractivity contribution in [2.45, 2.75) is 32.2 Å². The maximum Gasteiger partial charge on any atom is 0.142 e. The van der Waals surface area contributed by atoms with Crippen LogP contribution in [0.3, 0.4) is 0 Å². The Bertz CT molecular complexity index is 411. The molecule has 3 nitrogen and oxygen atoms in total. The Labute approximate surface area is 120 Å². The van der Waals surface area contributed by atoms with Crippen LogP contribution in [-0.4, -0.2) is 37.7 Å². The lowest BCUT2D eigenvalue weighted by molar-refractivity contribution is 0.194. The van der Waals surface area contributed by atoms with E-state index >= 15 is 0 Å². The van der Waals surface area contributed by atoms with E-state index in [4.69, 9.17) is 16.3 Å². The van der Waals surface area contributed by atoms with Crippen molar-refractivity contribution < 1.29 is 4.74 Å². The first-order chi connectivity index (χ1) is 9.20. The lowest BCUT2D eigenvalue weighted by Gasteiger charge is -2.32. The molecule has 0 spiro atoms. The number of nitrogens with zero attached hydrogens (tertiary/aromatic N) is 1. The molecule has 0 aliphatic carbocycles. The summed E-state index contributed by atoms with van der Waals surface area (Å²) in [6.45, 7) is 4.80. The average Bonchev–Trinajstić information content (AvgIpc) is 2.41. The molecule has 1 heterocycles. The van der Waals surface area contributed by atoms with Crippen LogP contribution in [0.25, 0.3) is 0 Å². The third kappa shape index (κ3) is 4.02. The fraction of sp³-hybridized carbons (Fsp3) is 0.600. The molecular formula is C15H23ClN2O. The number of halogens is 1. The van der Waals surface area contributed by atoms with E-state index in [1.807, 2.05) is 25.1 Å². The number of hydrogen-bond donors (Lipinski definition) is 1. The van der Waals surface area contributed by atoms with Gasteiger partial charge >= 0.3 is 0 Å². The second kappa shape index (κ2) is 7.01. The van der Waals surface area contributed by atoms with Gasteiger partial charge in [0, 0.05) is 17.6 Å². The summed E-state index contributed by atoms with van der Waals surface area (Å²) in [6.07, 6.45) is 3.90. The Hall–Kier alpha value is -0.930. The third-order valence-electron chi connectivity index (χ3n) is 3.69. The molecule has 1 fully saturated rings. The van der Waals surface area contributed by atoms with Crippen LogP contribution in [0.1, 0.15) is 26.2 Å². The summed E-state index contributed by atoms with van der Waals surface area (Å²) in [5.74, 6) is 0.880. The van der Waals surface area contributed by atoms with Crippen molar-refractivity contribution in [3.8, 4) is 5.75 Å². The largest absolute Gasteiger partial charge is 0.492 e. The van der Waals surface area contributed by atoms with Crippen LogP contribution in [0.15, 0.2) is 18.2 Å². The lowest BCUT2D eigenvalue weighted by Crippen LogP contribution is -2.40. The zero-order chi connectivity index (χ0) is 13.7. The maximum absolute atomic E-state index is 6.06. The predicted octanol–water partition coefficient (Wildman–Crippen LogP) is 3.63. The Balaban J connectivity index is 1.99. The zero-order valence-electron chi connectivity index (χ0n) is 11.8. The van der Waals surface area contributed by atoms with E-state index in [0.29, 0.717) is 12.6 Å². The van der Waals surface area contributed by atoms with Gasteiger partial charge in [0.05, 0.1) is 12.3 Å². The van der Waals surface area contributed by atoms with Crippen molar-refractivity contribution in [3.63, 3.8) is 0 Å². The van der Waals surface area contributed by atoms with Crippen molar-refractivity contribution in [2.24, 2.45) is 0 Å². The van der Waals surface area contributed by atoms with Crippen LogP contribution in [0.5, 0.6) is 5.75 Å². The first-order valence-corrected chi connectivity index (χ1v) is 7.45. The minimum atomic E-state index is 0.599. The highest BCUT2D eigenvalue weighted by molar-refractivity contribution is 6.30. The molecule has 2 rings (SSSR count). The number of likely N-dealkylation sites (tertiary alicyclic amines) is 1. The van der Waals surface area contributed by atoms with Crippen LogP contribution in [0.2, 0.25) is 5.02 Å². The second-order valence-electron chi connectivity index (χ2n) is 5.08. The number of piperidine rings is 1. The van der Waals surface area contributed by atoms with Gasteiger partial charge in [-0.1, -0.05) is 18.0 Å². The fourth-order valence-electron chi connectivity index (χ4n) is 2.55. The smallest absolute Gasteiger partial charge is 0.142 e. The zero-order valence-corrected chi connectivity index (χ0v) is 12.5. The molecule has 1 saturated heterocycles. The van der Waals surface area contributed by atoms with Crippen LogP contribution >= 0.6 is 11.6 Å². The Morgan fingerprint density at radius 1 is 1.42 bits per heavy atom. The molecule has 0 aromatic heterocycles. The van der Waals surface area contributed by atoms with Gasteiger partial charge in [0.15, 0.2) is 0 Å². The molecule has 1 atom stereocenters. The molecule has 1 aliphatic rings. The number of ether oxygens (including phenoxy) is 1. The van der Waals surface area contributed by atoms with Gasteiger partial charge in [-0.05, 0) is 51.6 Å². The van der Waals surface area contributed by atoms with E-state index < -0.39 is 0 Å². The second-order valence-corrected chi connectivity index (χ2v) is 5.52. The monoisotopic (exact) mass is 282 g/mol. The van der Waals surface area contributed by atoms with E-state index in [2.05, 4.69) is 17.3 Å². The molecule has 1 aliphatic heterocycles. The summed E-state index contributed by atoms with van der Waals surface area (Å²) in [5, 5.41) is 4.23. The maximum atomic E-state index is 6.06. The van der Waals surface area contributed by atoms with E-state index in [9.17, 15) is 0 Å². The van der Waals surface area contributed by atoms with Crippen molar-refractivity contribution in [1.29, 1.82) is 0 Å². The molecule has 106 valence electrons. The molecule has 0 bridgehead atoms. The van der Waals surface area contributed by atoms with Crippen molar-refractivity contribution in [3.05, 3.63) is 23.2 Å². The third-order valence-corrected chi connectivity index (χ3v) is 3.93. The number of rotatable bonds is 5. The van der Waals surface area contributed by atoms with Gasteiger partial charge in [-0.25, -0.2) is 0 Å². The average molecular weight is 283 g/mol. The highest BCUT2D eigenvalue weighted by Crippen LogP contribution is 2.28. The topological polar surface area (TPSA) is 24.5 Å². The first-order valence-electron chi connectivity index (χ1n) is 7.07. The minimum Gasteiger partial charge on any atom is -0.492 e. The highest BCUT2D eigenvalue weighted by atomic mass is 35.5. The summed E-state index contributed by atoms with van der Waals surface area (Å²) in [7, 11) is 2.20. The summed E-state index contributed by atoms with van der Waals surface area (Å²) < 4.78 is 5.62. The molecule has 1 aromatic carbocycles. The van der Waals surface area contributed by atoms with E-state index in [1.54, 1.807) is 0 Å². The Morgan fingerprint density at radius 2 is 2.26 bits per heavy atom. The summed E-state index contributed by atoms with van der Waals surface area (Å²) in [5.41, 5.74) is 0.994.